The van der Waals surface area contributed by atoms with Gasteiger partial charge in [-0.05, 0) is 13.3 Å². The van der Waals surface area contributed by atoms with Gasteiger partial charge in [0.15, 0.2) is 0 Å². The van der Waals surface area contributed by atoms with Crippen LogP contribution < -0.4 is 21.5 Å². The highest BCUT2D eigenvalue weighted by molar-refractivity contribution is 5.73. The van der Waals surface area contributed by atoms with E-state index >= 15 is 0 Å². The summed E-state index contributed by atoms with van der Waals surface area (Å²) in [6, 6.07) is 0.182. The molecule has 2 heterocycles. The minimum Gasteiger partial charge on any atom is -0.354 e. The third-order valence-corrected chi connectivity index (χ3v) is 3.51. The van der Waals surface area contributed by atoms with Crippen molar-refractivity contribution in [3.8, 4) is 0 Å². The van der Waals surface area contributed by atoms with Gasteiger partial charge in [-0.15, -0.1) is 0 Å². The van der Waals surface area contributed by atoms with E-state index in [1.165, 1.54) is 0 Å². The molecule has 7 heteroatoms. The fourth-order valence-corrected chi connectivity index (χ4v) is 2.51. The fraction of sp³-hybridized carbons (Fsp3) is 0.615. The van der Waals surface area contributed by atoms with Gasteiger partial charge in [-0.3, -0.25) is 4.79 Å². The van der Waals surface area contributed by atoms with E-state index in [1.54, 1.807) is 6.92 Å². The molecular weight excluding hydrogens is 256 g/mol. The number of nitrogens with one attached hydrogen (secondary N) is 2. The Morgan fingerprint density at radius 3 is 2.85 bits per heavy atom. The molecule has 0 saturated carbocycles. The van der Waals surface area contributed by atoms with Gasteiger partial charge < -0.3 is 15.6 Å². The Hall–Kier alpha value is -1.89. The molecule has 0 spiro atoms. The second kappa shape index (κ2) is 6.04. The van der Waals surface area contributed by atoms with Crippen molar-refractivity contribution in [2.75, 3.05) is 23.4 Å². The zero-order valence-corrected chi connectivity index (χ0v) is 12.2. The maximum Gasteiger partial charge on any atom is 0.217 e. The van der Waals surface area contributed by atoms with E-state index in [0.717, 1.165) is 43.1 Å². The van der Waals surface area contributed by atoms with E-state index < -0.39 is 0 Å². The maximum atomic E-state index is 11.1. The van der Waals surface area contributed by atoms with Gasteiger partial charge in [0.1, 0.15) is 17.5 Å². The molecule has 1 fully saturated rings. The number of nitrogen functional groups attached to an aromatic ring is 1. The van der Waals surface area contributed by atoms with Crippen molar-refractivity contribution < 1.29 is 4.79 Å². The van der Waals surface area contributed by atoms with Crippen LogP contribution in [0.15, 0.2) is 0 Å². The van der Waals surface area contributed by atoms with Crippen LogP contribution >= 0.6 is 0 Å². The van der Waals surface area contributed by atoms with Gasteiger partial charge in [-0.1, -0.05) is 6.92 Å². The Morgan fingerprint density at radius 2 is 2.25 bits per heavy atom. The second-order valence-corrected chi connectivity index (χ2v) is 5.07. The van der Waals surface area contributed by atoms with Gasteiger partial charge in [0, 0.05) is 38.0 Å². The summed E-state index contributed by atoms with van der Waals surface area (Å²) >= 11 is 0. The van der Waals surface area contributed by atoms with Crippen LogP contribution in [0, 0.1) is 6.92 Å². The number of hydrogen-bond donors (Lipinski definition) is 3. The summed E-state index contributed by atoms with van der Waals surface area (Å²) in [6.45, 7) is 7.15. The number of hydrazine groups is 1. The number of nitrogens with two attached hydrogens (primary N) is 1. The summed E-state index contributed by atoms with van der Waals surface area (Å²) in [5, 5.41) is 2.95. The number of amides is 1. The Balaban J connectivity index is 2.22. The van der Waals surface area contributed by atoms with Gasteiger partial charge in [0.05, 0.1) is 0 Å². The highest BCUT2D eigenvalue weighted by Crippen LogP contribution is 2.26. The monoisotopic (exact) mass is 278 g/mol. The van der Waals surface area contributed by atoms with Crippen LogP contribution in [-0.4, -0.2) is 35.0 Å². The first-order valence-corrected chi connectivity index (χ1v) is 6.91. The van der Waals surface area contributed by atoms with Crippen LogP contribution in [0.4, 0.5) is 11.6 Å². The van der Waals surface area contributed by atoms with Gasteiger partial charge in [0.2, 0.25) is 5.91 Å². The van der Waals surface area contributed by atoms with Gasteiger partial charge in [0.25, 0.3) is 0 Å². The largest absolute Gasteiger partial charge is 0.354 e. The highest BCUT2D eigenvalue weighted by atomic mass is 16.1. The van der Waals surface area contributed by atoms with E-state index in [0.29, 0.717) is 5.82 Å². The third kappa shape index (κ3) is 2.98. The van der Waals surface area contributed by atoms with Crippen molar-refractivity contribution >= 4 is 17.5 Å². The summed E-state index contributed by atoms with van der Waals surface area (Å²) in [7, 11) is 0. The minimum absolute atomic E-state index is 0.00909. The van der Waals surface area contributed by atoms with Crippen LogP contribution in [0.5, 0.6) is 0 Å². The predicted molar refractivity (Wildman–Crippen MR) is 78.4 cm³/mol. The molecule has 1 saturated heterocycles. The van der Waals surface area contributed by atoms with Crippen LogP contribution in [-0.2, 0) is 11.2 Å². The molecule has 1 amide bonds. The lowest BCUT2D eigenvalue weighted by Gasteiger charge is -2.21. The van der Waals surface area contributed by atoms with Crippen molar-refractivity contribution in [2.24, 2.45) is 5.84 Å². The number of aryl methyl sites for hydroxylation is 1. The van der Waals surface area contributed by atoms with Crippen LogP contribution in [0.2, 0.25) is 0 Å². The molecule has 0 aliphatic carbocycles. The Bertz CT molecular complexity index is 504. The average Bonchev–Trinajstić information content (AvgIpc) is 2.86. The summed E-state index contributed by atoms with van der Waals surface area (Å²) < 4.78 is 0. The van der Waals surface area contributed by atoms with E-state index in [-0.39, 0.29) is 11.9 Å². The zero-order chi connectivity index (χ0) is 14.7. The van der Waals surface area contributed by atoms with Crippen molar-refractivity contribution in [3.63, 3.8) is 0 Å². The summed E-state index contributed by atoms with van der Waals surface area (Å²) in [5.74, 6) is 7.86. The van der Waals surface area contributed by atoms with E-state index in [9.17, 15) is 4.79 Å². The SMILES string of the molecule is CCc1nc(NN)c(C)c(N2CCC(NC(C)=O)C2)n1. The number of aromatic nitrogens is 2. The average molecular weight is 278 g/mol. The molecule has 1 unspecified atom stereocenters. The van der Waals surface area contributed by atoms with Crippen molar-refractivity contribution in [1.29, 1.82) is 0 Å². The van der Waals surface area contributed by atoms with Crippen molar-refractivity contribution in [1.82, 2.24) is 15.3 Å². The number of carbonyl (C=O) groups is 1. The maximum absolute atomic E-state index is 11.1. The second-order valence-electron chi connectivity index (χ2n) is 5.07. The molecule has 1 aliphatic heterocycles. The van der Waals surface area contributed by atoms with E-state index in [2.05, 4.69) is 25.6 Å². The van der Waals surface area contributed by atoms with Crippen molar-refractivity contribution in [3.05, 3.63) is 11.4 Å². The van der Waals surface area contributed by atoms with Gasteiger partial charge in [-0.2, -0.15) is 0 Å². The Morgan fingerprint density at radius 1 is 1.50 bits per heavy atom. The number of hydrogen-bond acceptors (Lipinski definition) is 6. The number of rotatable bonds is 4. The zero-order valence-electron chi connectivity index (χ0n) is 12.2. The molecule has 1 aromatic heterocycles. The molecule has 7 nitrogen and oxygen atoms in total. The molecule has 0 radical (unpaired) electrons. The normalized spacial score (nSPS) is 18.2. The molecule has 0 aromatic carbocycles. The first-order valence-electron chi connectivity index (χ1n) is 6.91. The molecule has 110 valence electrons. The smallest absolute Gasteiger partial charge is 0.217 e. The number of nitrogens with zero attached hydrogens (tertiary/aromatic N) is 3. The summed E-state index contributed by atoms with van der Waals surface area (Å²) in [5.41, 5.74) is 3.57. The standard InChI is InChI=1S/C13H22N6O/c1-4-11-16-12(18-14)8(2)13(17-11)19-6-5-10(7-19)15-9(3)20/h10H,4-7,14H2,1-3H3,(H,15,20)(H,16,17,18). The third-order valence-electron chi connectivity index (χ3n) is 3.51. The molecule has 1 aromatic rings. The fourth-order valence-electron chi connectivity index (χ4n) is 2.51. The van der Waals surface area contributed by atoms with E-state index in [1.807, 2.05) is 13.8 Å². The predicted octanol–water partition coefficient (Wildman–Crippen LogP) is 0.348. The van der Waals surface area contributed by atoms with Gasteiger partial charge >= 0.3 is 0 Å². The van der Waals surface area contributed by atoms with Crippen LogP contribution in [0.25, 0.3) is 0 Å². The topological polar surface area (TPSA) is 96.2 Å². The van der Waals surface area contributed by atoms with Crippen LogP contribution in [0.1, 0.15) is 31.7 Å². The van der Waals surface area contributed by atoms with E-state index in [4.69, 9.17) is 5.84 Å². The lowest BCUT2D eigenvalue weighted by atomic mass is 10.2. The Kier molecular flexibility index (Phi) is 4.39. The quantitative estimate of drug-likeness (QED) is 0.543. The number of anilines is 2. The van der Waals surface area contributed by atoms with Gasteiger partial charge in [-0.25, -0.2) is 15.8 Å². The number of carbonyl (C=O) groups excluding carboxylic acids is 1. The first kappa shape index (κ1) is 14.5. The lowest BCUT2D eigenvalue weighted by Crippen LogP contribution is -2.36. The van der Waals surface area contributed by atoms with Crippen molar-refractivity contribution in [2.45, 2.75) is 39.7 Å². The van der Waals surface area contributed by atoms with Crippen LogP contribution in [0.3, 0.4) is 0 Å². The molecule has 4 N–H and O–H groups in total. The molecule has 20 heavy (non-hydrogen) atoms. The molecule has 1 atom stereocenters. The lowest BCUT2D eigenvalue weighted by molar-refractivity contribution is -0.119. The summed E-state index contributed by atoms with van der Waals surface area (Å²) in [4.78, 5) is 22.3. The first-order chi connectivity index (χ1) is 9.55. The summed E-state index contributed by atoms with van der Waals surface area (Å²) in [6.07, 6.45) is 1.68. The minimum atomic E-state index is 0.00909. The molecule has 1 aliphatic rings. The molecule has 0 bridgehead atoms. The molecule has 2 rings (SSSR count). The highest BCUT2D eigenvalue weighted by Gasteiger charge is 2.26. The Labute approximate surface area is 118 Å². The molecular formula is C13H22N6O.